The molecule has 0 saturated heterocycles. The van der Waals surface area contributed by atoms with Gasteiger partial charge in [0.2, 0.25) is 10.7 Å². The van der Waals surface area contributed by atoms with Gasteiger partial charge in [-0.1, -0.05) is 25.8 Å². The third-order valence-electron chi connectivity index (χ3n) is 2.89. The number of pyridine rings is 1. The van der Waals surface area contributed by atoms with Gasteiger partial charge in [0.05, 0.1) is 12.2 Å². The van der Waals surface area contributed by atoms with Crippen LogP contribution in [0.1, 0.15) is 31.9 Å². The molecule has 0 radical (unpaired) electrons. The summed E-state index contributed by atoms with van der Waals surface area (Å²) in [4.78, 5) is 12.8. The van der Waals surface area contributed by atoms with E-state index in [0.29, 0.717) is 17.3 Å². The molecule has 0 unspecified atom stereocenters. The van der Waals surface area contributed by atoms with Crippen LogP contribution in [0.15, 0.2) is 30.7 Å². The quantitative estimate of drug-likeness (QED) is 0.627. The molecule has 0 bridgehead atoms. The first-order valence-corrected chi connectivity index (χ1v) is 7.27. The average Bonchev–Trinajstić information content (AvgIpc) is 2.47. The molecule has 0 aliphatic rings. The SMILES string of the molecule is CCCCCNc1ncn(Cc2ccccn2)c(=S)n1. The molecule has 1 N–H and O–H groups in total. The first-order valence-electron chi connectivity index (χ1n) is 6.87. The fraction of sp³-hybridized carbons (Fsp3) is 0.429. The van der Waals surface area contributed by atoms with Crippen LogP contribution in [0.3, 0.4) is 0 Å². The molecule has 20 heavy (non-hydrogen) atoms. The van der Waals surface area contributed by atoms with Gasteiger partial charge in [0.1, 0.15) is 6.33 Å². The smallest absolute Gasteiger partial charge is 0.226 e. The number of hydrogen-bond donors (Lipinski definition) is 1. The summed E-state index contributed by atoms with van der Waals surface area (Å²) in [6, 6.07) is 5.80. The van der Waals surface area contributed by atoms with E-state index in [9.17, 15) is 0 Å². The van der Waals surface area contributed by atoms with Crippen molar-refractivity contribution in [1.29, 1.82) is 0 Å². The molecule has 2 aromatic heterocycles. The molecular weight excluding hydrogens is 270 g/mol. The summed E-state index contributed by atoms with van der Waals surface area (Å²) in [6.45, 7) is 3.66. The zero-order valence-electron chi connectivity index (χ0n) is 11.6. The Labute approximate surface area is 124 Å². The number of anilines is 1. The van der Waals surface area contributed by atoms with E-state index in [-0.39, 0.29) is 0 Å². The van der Waals surface area contributed by atoms with Crippen molar-refractivity contribution in [3.05, 3.63) is 41.2 Å². The second-order valence-corrected chi connectivity index (χ2v) is 4.91. The topological polar surface area (TPSA) is 55.6 Å². The lowest BCUT2D eigenvalue weighted by molar-refractivity contribution is 0.702. The zero-order chi connectivity index (χ0) is 14.2. The predicted octanol–water partition coefficient (Wildman–Crippen LogP) is 3.05. The highest BCUT2D eigenvalue weighted by Crippen LogP contribution is 2.02. The minimum absolute atomic E-state index is 0.517. The van der Waals surface area contributed by atoms with Crippen molar-refractivity contribution in [3.8, 4) is 0 Å². The monoisotopic (exact) mass is 289 g/mol. The lowest BCUT2D eigenvalue weighted by atomic mass is 10.2. The van der Waals surface area contributed by atoms with Gasteiger partial charge in [-0.3, -0.25) is 4.98 Å². The Morgan fingerprint density at radius 3 is 2.85 bits per heavy atom. The van der Waals surface area contributed by atoms with Gasteiger partial charge in [0.25, 0.3) is 0 Å². The van der Waals surface area contributed by atoms with E-state index >= 15 is 0 Å². The van der Waals surface area contributed by atoms with E-state index in [1.165, 1.54) is 12.8 Å². The summed E-state index contributed by atoms with van der Waals surface area (Å²) in [6.07, 6.45) is 7.01. The maximum Gasteiger partial charge on any atom is 0.226 e. The highest BCUT2D eigenvalue weighted by molar-refractivity contribution is 7.71. The van der Waals surface area contributed by atoms with Gasteiger partial charge in [-0.05, 0) is 30.8 Å². The Morgan fingerprint density at radius 2 is 2.15 bits per heavy atom. The van der Waals surface area contributed by atoms with Crippen molar-refractivity contribution in [2.45, 2.75) is 32.7 Å². The molecular formula is C14H19N5S. The Bertz CT molecular complexity index is 582. The standard InChI is InChI=1S/C14H19N5S/c1-2-3-5-9-16-13-17-11-19(14(20)18-13)10-12-7-4-6-8-15-12/h4,6-8,11H,2-3,5,9-10H2,1H3,(H,16,18,20). The van der Waals surface area contributed by atoms with E-state index in [1.807, 2.05) is 22.8 Å². The van der Waals surface area contributed by atoms with E-state index in [0.717, 1.165) is 18.7 Å². The molecule has 5 nitrogen and oxygen atoms in total. The van der Waals surface area contributed by atoms with Crippen LogP contribution in [0.4, 0.5) is 5.95 Å². The summed E-state index contributed by atoms with van der Waals surface area (Å²) >= 11 is 5.28. The number of aromatic nitrogens is 4. The highest BCUT2D eigenvalue weighted by Gasteiger charge is 2.00. The molecule has 2 aromatic rings. The molecule has 0 atom stereocenters. The molecule has 0 spiro atoms. The van der Waals surface area contributed by atoms with Crippen LogP contribution in [0, 0.1) is 4.77 Å². The van der Waals surface area contributed by atoms with E-state index in [2.05, 4.69) is 27.2 Å². The molecule has 6 heteroatoms. The molecule has 0 aliphatic heterocycles. The first kappa shape index (κ1) is 14.6. The number of unbranched alkanes of at least 4 members (excludes halogenated alkanes) is 2. The van der Waals surface area contributed by atoms with Crippen molar-refractivity contribution in [1.82, 2.24) is 19.5 Å². The summed E-state index contributed by atoms with van der Waals surface area (Å²) in [5, 5.41) is 3.19. The van der Waals surface area contributed by atoms with Gasteiger partial charge >= 0.3 is 0 Å². The number of nitrogens with zero attached hydrogens (tertiary/aromatic N) is 4. The first-order chi connectivity index (χ1) is 9.79. The maximum atomic E-state index is 5.28. The number of nitrogens with one attached hydrogen (secondary N) is 1. The van der Waals surface area contributed by atoms with Gasteiger partial charge in [0.15, 0.2) is 0 Å². The second kappa shape index (κ2) is 7.69. The van der Waals surface area contributed by atoms with Crippen LogP contribution >= 0.6 is 12.2 Å². The fourth-order valence-corrected chi connectivity index (χ4v) is 1.99. The van der Waals surface area contributed by atoms with Gasteiger partial charge in [-0.2, -0.15) is 4.98 Å². The summed E-state index contributed by atoms with van der Waals surface area (Å²) in [5.74, 6) is 0.600. The van der Waals surface area contributed by atoms with E-state index in [4.69, 9.17) is 12.2 Å². The lowest BCUT2D eigenvalue weighted by Gasteiger charge is -2.08. The Balaban J connectivity index is 1.97. The molecule has 0 amide bonds. The summed E-state index contributed by atoms with van der Waals surface area (Å²) in [5.41, 5.74) is 0.941. The largest absolute Gasteiger partial charge is 0.354 e. The molecule has 0 aliphatic carbocycles. The molecule has 0 fully saturated rings. The Morgan fingerprint density at radius 1 is 1.25 bits per heavy atom. The van der Waals surface area contributed by atoms with E-state index in [1.54, 1.807) is 12.5 Å². The molecule has 0 aromatic carbocycles. The maximum absolute atomic E-state index is 5.28. The van der Waals surface area contributed by atoms with Crippen molar-refractivity contribution < 1.29 is 0 Å². The second-order valence-electron chi connectivity index (χ2n) is 4.55. The molecule has 106 valence electrons. The normalized spacial score (nSPS) is 10.4. The van der Waals surface area contributed by atoms with Gasteiger partial charge in [-0.15, -0.1) is 0 Å². The van der Waals surface area contributed by atoms with Crippen molar-refractivity contribution in [2.75, 3.05) is 11.9 Å². The minimum atomic E-state index is 0.517. The van der Waals surface area contributed by atoms with Gasteiger partial charge in [0, 0.05) is 12.7 Å². The third kappa shape index (κ3) is 4.38. The fourth-order valence-electron chi connectivity index (χ4n) is 1.79. The van der Waals surface area contributed by atoms with Crippen LogP contribution < -0.4 is 5.32 Å². The van der Waals surface area contributed by atoms with Gasteiger partial charge < -0.3 is 9.88 Å². The Hall–Kier alpha value is -1.82. The summed E-state index contributed by atoms with van der Waals surface area (Å²) in [7, 11) is 0. The predicted molar refractivity (Wildman–Crippen MR) is 82.2 cm³/mol. The molecule has 0 saturated carbocycles. The highest BCUT2D eigenvalue weighted by atomic mass is 32.1. The lowest BCUT2D eigenvalue weighted by Crippen LogP contribution is -2.11. The molecule has 2 heterocycles. The van der Waals surface area contributed by atoms with Crippen molar-refractivity contribution >= 4 is 18.2 Å². The zero-order valence-corrected chi connectivity index (χ0v) is 12.4. The van der Waals surface area contributed by atoms with Crippen molar-refractivity contribution in [3.63, 3.8) is 0 Å². The average molecular weight is 289 g/mol. The van der Waals surface area contributed by atoms with Crippen LogP contribution in [-0.4, -0.2) is 26.1 Å². The van der Waals surface area contributed by atoms with Crippen LogP contribution in [-0.2, 0) is 6.54 Å². The number of rotatable bonds is 7. The van der Waals surface area contributed by atoms with Crippen LogP contribution in [0.25, 0.3) is 0 Å². The minimum Gasteiger partial charge on any atom is -0.354 e. The van der Waals surface area contributed by atoms with Crippen LogP contribution in [0.5, 0.6) is 0 Å². The van der Waals surface area contributed by atoms with Crippen LogP contribution in [0.2, 0.25) is 0 Å². The Kier molecular flexibility index (Phi) is 5.61. The summed E-state index contributed by atoms with van der Waals surface area (Å²) < 4.78 is 2.33. The third-order valence-corrected chi connectivity index (χ3v) is 3.21. The van der Waals surface area contributed by atoms with Crippen molar-refractivity contribution in [2.24, 2.45) is 0 Å². The molecule has 2 rings (SSSR count). The van der Waals surface area contributed by atoms with Gasteiger partial charge in [-0.25, -0.2) is 4.98 Å². The number of hydrogen-bond acceptors (Lipinski definition) is 5. The van der Waals surface area contributed by atoms with E-state index < -0.39 is 0 Å².